The van der Waals surface area contributed by atoms with Crippen LogP contribution in [0.4, 0.5) is 0 Å². The summed E-state index contributed by atoms with van der Waals surface area (Å²) < 4.78 is 0. The summed E-state index contributed by atoms with van der Waals surface area (Å²) in [6.45, 7) is 6.88. The average Bonchev–Trinajstić information content (AvgIpc) is 2.15. The quantitative estimate of drug-likeness (QED) is 0.730. The second kappa shape index (κ2) is 4.49. The second-order valence-corrected chi connectivity index (χ2v) is 2.50. The fraction of sp³-hybridized carbons (Fsp3) is 0.333. The van der Waals surface area contributed by atoms with E-state index in [1.165, 1.54) is 0 Å². The molecule has 0 aliphatic carbocycles. The lowest BCUT2D eigenvalue weighted by Crippen LogP contribution is -2.12. The average molecular weight is 163 g/mol. The standard InChI is InChI=1S/C9H13N3/c1-3-4-11-8(2)9-7-10-5-6-12-9/h5-7,11H,2-4H2,1H3. The second-order valence-electron chi connectivity index (χ2n) is 2.50. The van der Waals surface area contributed by atoms with Crippen LogP contribution in [0.1, 0.15) is 19.0 Å². The van der Waals surface area contributed by atoms with Crippen LogP contribution in [0, 0.1) is 0 Å². The molecular weight excluding hydrogens is 150 g/mol. The Bertz CT molecular complexity index is 243. The van der Waals surface area contributed by atoms with Crippen LogP contribution in [-0.4, -0.2) is 16.5 Å². The van der Waals surface area contributed by atoms with Gasteiger partial charge in [-0.2, -0.15) is 0 Å². The maximum absolute atomic E-state index is 4.11. The van der Waals surface area contributed by atoms with Crippen LogP contribution in [-0.2, 0) is 0 Å². The van der Waals surface area contributed by atoms with Crippen molar-refractivity contribution in [3.63, 3.8) is 0 Å². The van der Waals surface area contributed by atoms with E-state index in [0.29, 0.717) is 0 Å². The van der Waals surface area contributed by atoms with Crippen LogP contribution in [0.5, 0.6) is 0 Å². The molecule has 0 spiro atoms. The minimum atomic E-state index is 0.811. The Labute approximate surface area is 72.6 Å². The minimum Gasteiger partial charge on any atom is -0.384 e. The highest BCUT2D eigenvalue weighted by Gasteiger charge is 1.96. The van der Waals surface area contributed by atoms with Crippen molar-refractivity contribution >= 4 is 5.70 Å². The maximum Gasteiger partial charge on any atom is 0.104 e. The first kappa shape index (κ1) is 8.71. The van der Waals surface area contributed by atoms with Crippen LogP contribution in [0.3, 0.4) is 0 Å². The van der Waals surface area contributed by atoms with Crippen LogP contribution in [0.2, 0.25) is 0 Å². The van der Waals surface area contributed by atoms with E-state index in [4.69, 9.17) is 0 Å². The highest BCUT2D eigenvalue weighted by molar-refractivity contribution is 5.56. The molecule has 0 bridgehead atoms. The Kier molecular flexibility index (Phi) is 3.26. The molecule has 0 saturated heterocycles. The summed E-state index contributed by atoms with van der Waals surface area (Å²) in [6, 6.07) is 0. The van der Waals surface area contributed by atoms with E-state index < -0.39 is 0 Å². The minimum absolute atomic E-state index is 0.811. The number of nitrogens with zero attached hydrogens (tertiary/aromatic N) is 2. The van der Waals surface area contributed by atoms with Gasteiger partial charge in [-0.3, -0.25) is 9.97 Å². The summed E-state index contributed by atoms with van der Waals surface area (Å²) in [5, 5.41) is 3.15. The number of hydrogen-bond acceptors (Lipinski definition) is 3. The lowest BCUT2D eigenvalue weighted by atomic mass is 10.3. The largest absolute Gasteiger partial charge is 0.384 e. The molecule has 0 amide bonds. The van der Waals surface area contributed by atoms with Gasteiger partial charge in [-0.05, 0) is 6.42 Å². The van der Waals surface area contributed by atoms with Crippen molar-refractivity contribution in [2.75, 3.05) is 6.54 Å². The molecule has 3 nitrogen and oxygen atoms in total. The molecule has 12 heavy (non-hydrogen) atoms. The first-order valence-corrected chi connectivity index (χ1v) is 4.03. The third-order valence-electron chi connectivity index (χ3n) is 1.46. The molecule has 0 radical (unpaired) electrons. The van der Waals surface area contributed by atoms with Crippen LogP contribution >= 0.6 is 0 Å². The highest BCUT2D eigenvalue weighted by atomic mass is 14.9. The molecule has 1 aromatic rings. The zero-order valence-corrected chi connectivity index (χ0v) is 7.25. The van der Waals surface area contributed by atoms with Crippen LogP contribution in [0.15, 0.2) is 25.2 Å². The Morgan fingerprint density at radius 1 is 1.58 bits per heavy atom. The number of hydrogen-bond donors (Lipinski definition) is 1. The molecular formula is C9H13N3. The van der Waals surface area contributed by atoms with Crippen LogP contribution in [0.25, 0.3) is 5.70 Å². The first-order valence-electron chi connectivity index (χ1n) is 4.03. The van der Waals surface area contributed by atoms with Gasteiger partial charge in [0.25, 0.3) is 0 Å². The predicted octanol–water partition coefficient (Wildman–Crippen LogP) is 1.45. The summed E-state index contributed by atoms with van der Waals surface area (Å²) in [7, 11) is 0. The third kappa shape index (κ3) is 2.34. The van der Waals surface area contributed by atoms with Crippen molar-refractivity contribution in [3.05, 3.63) is 30.9 Å². The number of aromatic nitrogens is 2. The summed E-state index contributed by atoms with van der Waals surface area (Å²) in [5.41, 5.74) is 1.65. The predicted molar refractivity (Wildman–Crippen MR) is 49.4 cm³/mol. The summed E-state index contributed by atoms with van der Waals surface area (Å²) in [5.74, 6) is 0. The van der Waals surface area contributed by atoms with Gasteiger partial charge < -0.3 is 5.32 Å². The summed E-state index contributed by atoms with van der Waals surface area (Å²) in [6.07, 6.45) is 6.09. The van der Waals surface area contributed by atoms with Gasteiger partial charge >= 0.3 is 0 Å². The lowest BCUT2D eigenvalue weighted by Gasteiger charge is -2.05. The number of rotatable bonds is 4. The Morgan fingerprint density at radius 3 is 3.00 bits per heavy atom. The molecule has 0 fully saturated rings. The molecule has 1 heterocycles. The van der Waals surface area contributed by atoms with Crippen molar-refractivity contribution < 1.29 is 0 Å². The van der Waals surface area contributed by atoms with Gasteiger partial charge in [0.2, 0.25) is 0 Å². The number of nitrogens with one attached hydrogen (secondary N) is 1. The van der Waals surface area contributed by atoms with Crippen molar-refractivity contribution in [3.8, 4) is 0 Å². The normalized spacial score (nSPS) is 9.42. The van der Waals surface area contributed by atoms with Gasteiger partial charge in [0.15, 0.2) is 0 Å². The molecule has 0 aromatic carbocycles. The van der Waals surface area contributed by atoms with Gasteiger partial charge in [0.05, 0.1) is 11.9 Å². The summed E-state index contributed by atoms with van der Waals surface area (Å²) in [4.78, 5) is 8.06. The van der Waals surface area contributed by atoms with E-state index >= 15 is 0 Å². The van der Waals surface area contributed by atoms with E-state index in [1.807, 2.05) is 0 Å². The fourth-order valence-electron chi connectivity index (χ4n) is 0.821. The molecule has 1 N–H and O–H groups in total. The van der Waals surface area contributed by atoms with Gasteiger partial charge in [-0.1, -0.05) is 13.5 Å². The molecule has 1 aromatic heterocycles. The monoisotopic (exact) mass is 163 g/mol. The zero-order valence-electron chi connectivity index (χ0n) is 7.25. The van der Waals surface area contributed by atoms with E-state index in [2.05, 4.69) is 28.8 Å². The molecule has 0 saturated carbocycles. The van der Waals surface area contributed by atoms with E-state index in [-0.39, 0.29) is 0 Å². The Balaban J connectivity index is 2.54. The SMILES string of the molecule is C=C(NCCC)c1cnccn1. The van der Waals surface area contributed by atoms with Gasteiger partial charge in [0, 0.05) is 18.9 Å². The van der Waals surface area contributed by atoms with Gasteiger partial charge in [-0.25, -0.2) is 0 Å². The lowest BCUT2D eigenvalue weighted by molar-refractivity contribution is 0.820. The van der Waals surface area contributed by atoms with Gasteiger partial charge in [-0.15, -0.1) is 0 Å². The molecule has 0 unspecified atom stereocenters. The highest BCUT2D eigenvalue weighted by Crippen LogP contribution is 2.01. The first-order chi connectivity index (χ1) is 5.84. The smallest absolute Gasteiger partial charge is 0.104 e. The van der Waals surface area contributed by atoms with E-state index in [1.54, 1.807) is 18.6 Å². The fourth-order valence-corrected chi connectivity index (χ4v) is 0.821. The summed E-state index contributed by atoms with van der Waals surface area (Å²) >= 11 is 0. The zero-order chi connectivity index (χ0) is 8.81. The van der Waals surface area contributed by atoms with E-state index in [0.717, 1.165) is 24.4 Å². The Hall–Kier alpha value is -1.38. The third-order valence-corrected chi connectivity index (χ3v) is 1.46. The molecule has 0 aliphatic rings. The van der Waals surface area contributed by atoms with Crippen molar-refractivity contribution in [1.82, 2.24) is 15.3 Å². The molecule has 64 valence electrons. The van der Waals surface area contributed by atoms with Gasteiger partial charge in [0.1, 0.15) is 5.69 Å². The molecule has 3 heteroatoms. The Morgan fingerprint density at radius 2 is 2.42 bits per heavy atom. The van der Waals surface area contributed by atoms with Crippen molar-refractivity contribution in [2.24, 2.45) is 0 Å². The van der Waals surface area contributed by atoms with Crippen molar-refractivity contribution in [2.45, 2.75) is 13.3 Å². The molecule has 0 aliphatic heterocycles. The van der Waals surface area contributed by atoms with Crippen LogP contribution < -0.4 is 5.32 Å². The van der Waals surface area contributed by atoms with Crippen molar-refractivity contribution in [1.29, 1.82) is 0 Å². The maximum atomic E-state index is 4.11. The topological polar surface area (TPSA) is 37.8 Å². The molecule has 0 atom stereocenters. The van der Waals surface area contributed by atoms with E-state index in [9.17, 15) is 0 Å². The molecule has 1 rings (SSSR count).